The number of hydrogen-bond acceptors (Lipinski definition) is 4. The summed E-state index contributed by atoms with van der Waals surface area (Å²) in [7, 11) is -3.95. The van der Waals surface area contributed by atoms with Crippen LogP contribution in [0.5, 0.6) is 0 Å². The molecule has 4 N–H and O–H groups in total. The van der Waals surface area contributed by atoms with E-state index < -0.39 is 15.7 Å². The lowest BCUT2D eigenvalue weighted by Gasteiger charge is -2.23. The number of fused-ring (bicyclic) bond motifs is 1. The molecule has 0 aliphatic heterocycles. The minimum Gasteiger partial charge on any atom is -0.349 e. The number of benzene rings is 2. The van der Waals surface area contributed by atoms with Crippen LogP contribution in [0.2, 0.25) is 0 Å². The molecule has 1 aliphatic rings. The lowest BCUT2D eigenvalue weighted by Crippen LogP contribution is -2.36. The van der Waals surface area contributed by atoms with Crippen molar-refractivity contribution in [2.45, 2.75) is 43.0 Å². The van der Waals surface area contributed by atoms with Crippen molar-refractivity contribution in [1.82, 2.24) is 15.3 Å². The van der Waals surface area contributed by atoms with Crippen LogP contribution in [-0.2, 0) is 10.0 Å². The monoisotopic (exact) mass is 414 g/mol. The Bertz CT molecular complexity index is 1210. The van der Waals surface area contributed by atoms with Crippen molar-refractivity contribution in [3.8, 4) is 0 Å². The zero-order chi connectivity index (χ0) is 20.4. The van der Waals surface area contributed by atoms with Crippen LogP contribution in [0.4, 0.5) is 5.69 Å². The third kappa shape index (κ3) is 4.19. The number of carbonyl (C=O) groups is 1. The van der Waals surface area contributed by atoms with Gasteiger partial charge in [0.25, 0.3) is 15.9 Å². The van der Waals surface area contributed by atoms with Crippen LogP contribution < -0.4 is 15.7 Å². The van der Waals surface area contributed by atoms with Crippen molar-refractivity contribution >= 4 is 32.7 Å². The standard InChI is InChI=1S/C20H22N4O4S/c25-19(21-13-6-2-1-3-7-13)15-8-4-5-9-16(15)24-29(27,28)14-10-11-17-18(12-14)23-20(26)22-17/h4-5,8-13,24H,1-3,6-7H2,(H,21,25)(H2,22,23,26). The average molecular weight is 414 g/mol. The third-order valence-corrected chi connectivity index (χ3v) is 6.52. The van der Waals surface area contributed by atoms with Gasteiger partial charge >= 0.3 is 5.69 Å². The zero-order valence-corrected chi connectivity index (χ0v) is 16.5. The van der Waals surface area contributed by atoms with E-state index >= 15 is 0 Å². The summed E-state index contributed by atoms with van der Waals surface area (Å²) in [5.74, 6) is -0.291. The van der Waals surface area contributed by atoms with Gasteiger partial charge in [-0.15, -0.1) is 0 Å². The quantitative estimate of drug-likeness (QED) is 0.512. The predicted molar refractivity (Wildman–Crippen MR) is 111 cm³/mol. The van der Waals surface area contributed by atoms with Gasteiger partial charge in [-0.2, -0.15) is 0 Å². The minimum atomic E-state index is -3.95. The second kappa shape index (κ2) is 7.75. The SMILES string of the molecule is O=C(NC1CCCCC1)c1ccccc1NS(=O)(=O)c1ccc2[nH]c(=O)[nH]c2c1. The van der Waals surface area contributed by atoms with Gasteiger partial charge in [-0.3, -0.25) is 9.52 Å². The Kier molecular flexibility index (Phi) is 5.14. The maximum absolute atomic E-state index is 12.9. The molecular weight excluding hydrogens is 392 g/mol. The molecule has 1 amide bonds. The molecule has 8 nitrogen and oxygen atoms in total. The predicted octanol–water partition coefficient (Wildman–Crippen LogP) is 2.72. The molecule has 1 aromatic heterocycles. The Labute approximate surface area is 167 Å². The molecule has 0 unspecified atom stereocenters. The van der Waals surface area contributed by atoms with Crippen LogP contribution in [0, 0.1) is 0 Å². The van der Waals surface area contributed by atoms with Crippen LogP contribution >= 0.6 is 0 Å². The Balaban J connectivity index is 1.59. The van der Waals surface area contributed by atoms with Crippen LogP contribution in [0.25, 0.3) is 11.0 Å². The van der Waals surface area contributed by atoms with E-state index in [9.17, 15) is 18.0 Å². The normalized spacial score (nSPS) is 15.3. The number of carbonyl (C=O) groups excluding carboxylic acids is 1. The molecule has 29 heavy (non-hydrogen) atoms. The molecule has 2 aromatic carbocycles. The van der Waals surface area contributed by atoms with Gasteiger partial charge in [0.2, 0.25) is 0 Å². The Morgan fingerprint density at radius 3 is 2.48 bits per heavy atom. The first-order valence-electron chi connectivity index (χ1n) is 9.57. The first kappa shape index (κ1) is 19.3. The highest BCUT2D eigenvalue weighted by atomic mass is 32.2. The smallest absolute Gasteiger partial charge is 0.323 e. The van der Waals surface area contributed by atoms with E-state index in [0.717, 1.165) is 25.7 Å². The lowest BCUT2D eigenvalue weighted by molar-refractivity contribution is 0.0928. The number of aromatic nitrogens is 2. The average Bonchev–Trinajstić information content (AvgIpc) is 3.08. The van der Waals surface area contributed by atoms with Gasteiger partial charge in [-0.1, -0.05) is 31.4 Å². The van der Waals surface area contributed by atoms with E-state index in [2.05, 4.69) is 20.0 Å². The Hall–Kier alpha value is -3.07. The number of H-pyrrole nitrogens is 2. The number of para-hydroxylation sites is 1. The molecular formula is C20H22N4O4S. The molecule has 0 atom stereocenters. The van der Waals surface area contributed by atoms with Crippen LogP contribution in [0.1, 0.15) is 42.5 Å². The highest BCUT2D eigenvalue weighted by molar-refractivity contribution is 7.92. The van der Waals surface area contributed by atoms with E-state index in [0.29, 0.717) is 11.0 Å². The number of aromatic amines is 2. The Morgan fingerprint density at radius 2 is 1.69 bits per heavy atom. The third-order valence-electron chi connectivity index (χ3n) is 5.15. The van der Waals surface area contributed by atoms with Crippen molar-refractivity contribution in [1.29, 1.82) is 0 Å². The zero-order valence-electron chi connectivity index (χ0n) is 15.7. The molecule has 152 valence electrons. The van der Waals surface area contributed by atoms with Crippen molar-refractivity contribution in [3.63, 3.8) is 0 Å². The van der Waals surface area contributed by atoms with Crippen LogP contribution in [-0.4, -0.2) is 30.3 Å². The molecule has 0 radical (unpaired) electrons. The maximum Gasteiger partial charge on any atom is 0.323 e. The fourth-order valence-electron chi connectivity index (χ4n) is 3.66. The summed E-state index contributed by atoms with van der Waals surface area (Å²) >= 11 is 0. The second-order valence-corrected chi connectivity index (χ2v) is 8.93. The second-order valence-electron chi connectivity index (χ2n) is 7.25. The first-order valence-corrected chi connectivity index (χ1v) is 11.1. The van der Waals surface area contributed by atoms with Gasteiger partial charge in [0.15, 0.2) is 0 Å². The van der Waals surface area contributed by atoms with Crippen LogP contribution in [0.15, 0.2) is 52.2 Å². The molecule has 0 saturated heterocycles. The topological polar surface area (TPSA) is 124 Å². The number of anilines is 1. The number of hydrogen-bond donors (Lipinski definition) is 4. The van der Waals surface area contributed by atoms with Gasteiger partial charge in [0, 0.05) is 6.04 Å². The van der Waals surface area contributed by atoms with Gasteiger partial charge in [-0.25, -0.2) is 13.2 Å². The highest BCUT2D eigenvalue weighted by Gasteiger charge is 2.21. The molecule has 1 aliphatic carbocycles. The van der Waals surface area contributed by atoms with E-state index in [4.69, 9.17) is 0 Å². The number of amides is 1. The highest BCUT2D eigenvalue weighted by Crippen LogP contribution is 2.23. The van der Waals surface area contributed by atoms with Gasteiger partial charge in [-0.05, 0) is 43.2 Å². The van der Waals surface area contributed by atoms with E-state index in [1.807, 2.05) is 0 Å². The van der Waals surface area contributed by atoms with Crippen LogP contribution in [0.3, 0.4) is 0 Å². The summed E-state index contributed by atoms with van der Waals surface area (Å²) in [6.07, 6.45) is 5.23. The van der Waals surface area contributed by atoms with Crippen molar-refractivity contribution in [3.05, 3.63) is 58.5 Å². The first-order chi connectivity index (χ1) is 13.9. The number of imidazole rings is 1. The lowest BCUT2D eigenvalue weighted by atomic mass is 9.95. The minimum absolute atomic E-state index is 0.0114. The number of rotatable bonds is 5. The van der Waals surface area contributed by atoms with Crippen molar-refractivity contribution < 1.29 is 13.2 Å². The molecule has 1 fully saturated rings. The van der Waals surface area contributed by atoms with Gasteiger partial charge in [0.1, 0.15) is 0 Å². The molecule has 4 rings (SSSR count). The fraction of sp³-hybridized carbons (Fsp3) is 0.300. The molecule has 0 spiro atoms. The molecule has 0 bridgehead atoms. The molecule has 9 heteroatoms. The van der Waals surface area contributed by atoms with Crippen molar-refractivity contribution in [2.75, 3.05) is 4.72 Å². The van der Waals surface area contributed by atoms with E-state index in [1.165, 1.54) is 24.6 Å². The molecule has 1 saturated carbocycles. The summed E-state index contributed by atoms with van der Waals surface area (Å²) < 4.78 is 28.2. The van der Waals surface area contributed by atoms with Gasteiger partial charge < -0.3 is 15.3 Å². The summed E-state index contributed by atoms with van der Waals surface area (Å²) in [5, 5.41) is 3.01. The maximum atomic E-state index is 12.9. The van der Waals surface area contributed by atoms with E-state index in [1.54, 1.807) is 24.3 Å². The fourth-order valence-corrected chi connectivity index (χ4v) is 4.77. The summed E-state index contributed by atoms with van der Waals surface area (Å²) in [6, 6.07) is 10.9. The summed E-state index contributed by atoms with van der Waals surface area (Å²) in [4.78, 5) is 29.2. The largest absolute Gasteiger partial charge is 0.349 e. The van der Waals surface area contributed by atoms with E-state index in [-0.39, 0.29) is 28.1 Å². The van der Waals surface area contributed by atoms with Gasteiger partial charge in [0.05, 0.1) is 27.2 Å². The summed E-state index contributed by atoms with van der Waals surface area (Å²) in [5.41, 5.74) is 0.982. The summed E-state index contributed by atoms with van der Waals surface area (Å²) in [6.45, 7) is 0. The molecule has 3 aromatic rings. The number of sulfonamides is 1. The number of nitrogens with one attached hydrogen (secondary N) is 4. The van der Waals surface area contributed by atoms with Crippen molar-refractivity contribution in [2.24, 2.45) is 0 Å². The Morgan fingerprint density at radius 1 is 0.966 bits per heavy atom. The molecule has 1 heterocycles.